The van der Waals surface area contributed by atoms with Gasteiger partial charge in [-0.1, -0.05) is 0 Å². The normalized spacial score (nSPS) is 10.4. The van der Waals surface area contributed by atoms with Crippen LogP contribution in [-0.4, -0.2) is 27.0 Å². The minimum atomic E-state index is -0.185. The third kappa shape index (κ3) is 3.54. The number of aryl methyl sites for hydroxylation is 2. The second kappa shape index (κ2) is 5.99. The van der Waals surface area contributed by atoms with E-state index in [9.17, 15) is 4.79 Å². The highest BCUT2D eigenvalue weighted by Gasteiger charge is 2.09. The second-order valence-electron chi connectivity index (χ2n) is 4.32. The van der Waals surface area contributed by atoms with E-state index in [1.807, 2.05) is 17.7 Å². The number of imidazole rings is 1. The number of hydrogen-bond acceptors (Lipinski definition) is 4. The number of pyridine rings is 1. The predicted molar refractivity (Wildman–Crippen MR) is 72.6 cm³/mol. The maximum Gasteiger partial charge on any atom is 0.254 e. The molecule has 0 aliphatic carbocycles. The van der Waals surface area contributed by atoms with E-state index in [1.165, 1.54) is 6.20 Å². The van der Waals surface area contributed by atoms with Crippen molar-refractivity contribution >= 4 is 11.6 Å². The van der Waals surface area contributed by atoms with Crippen molar-refractivity contribution in [3.8, 4) is 0 Å². The van der Waals surface area contributed by atoms with Gasteiger partial charge in [0.15, 0.2) is 0 Å². The molecule has 6 heteroatoms. The molecular formula is C13H17N5O. The SMILES string of the molecule is Cc1cc(N)c(C(=O)NCCCn2ccnc2)cn1. The fourth-order valence-electron chi connectivity index (χ4n) is 1.75. The van der Waals surface area contributed by atoms with Gasteiger partial charge in [0.1, 0.15) is 0 Å². The Bertz CT molecular complexity index is 550. The molecule has 1 amide bonds. The van der Waals surface area contributed by atoms with Crippen LogP contribution in [0.2, 0.25) is 0 Å². The summed E-state index contributed by atoms with van der Waals surface area (Å²) in [6.45, 7) is 3.25. The van der Waals surface area contributed by atoms with Gasteiger partial charge in [0, 0.05) is 43.1 Å². The van der Waals surface area contributed by atoms with E-state index < -0.39 is 0 Å². The van der Waals surface area contributed by atoms with E-state index in [-0.39, 0.29) is 5.91 Å². The van der Waals surface area contributed by atoms with E-state index >= 15 is 0 Å². The van der Waals surface area contributed by atoms with Gasteiger partial charge in [0.25, 0.3) is 5.91 Å². The van der Waals surface area contributed by atoms with Crippen LogP contribution in [0.25, 0.3) is 0 Å². The lowest BCUT2D eigenvalue weighted by Gasteiger charge is -2.08. The summed E-state index contributed by atoms with van der Waals surface area (Å²) in [6.07, 6.45) is 7.72. The zero-order valence-corrected chi connectivity index (χ0v) is 10.8. The Hall–Kier alpha value is -2.37. The van der Waals surface area contributed by atoms with Crippen molar-refractivity contribution in [1.29, 1.82) is 0 Å². The summed E-state index contributed by atoms with van der Waals surface area (Å²) in [7, 11) is 0. The first-order chi connectivity index (χ1) is 9.16. The van der Waals surface area contributed by atoms with Gasteiger partial charge >= 0.3 is 0 Å². The molecule has 0 aliphatic heterocycles. The minimum absolute atomic E-state index is 0.185. The van der Waals surface area contributed by atoms with Crippen LogP contribution < -0.4 is 11.1 Å². The van der Waals surface area contributed by atoms with Crippen molar-refractivity contribution in [2.24, 2.45) is 0 Å². The van der Waals surface area contributed by atoms with Crippen LogP contribution in [0.4, 0.5) is 5.69 Å². The monoisotopic (exact) mass is 259 g/mol. The van der Waals surface area contributed by atoms with Crippen molar-refractivity contribution in [3.05, 3.63) is 42.2 Å². The fourth-order valence-corrected chi connectivity index (χ4v) is 1.75. The Morgan fingerprint density at radius 2 is 2.37 bits per heavy atom. The molecule has 0 fully saturated rings. The number of nitrogens with two attached hydrogens (primary N) is 1. The molecule has 0 saturated carbocycles. The van der Waals surface area contributed by atoms with Crippen LogP contribution in [0.5, 0.6) is 0 Å². The lowest BCUT2D eigenvalue weighted by atomic mass is 10.2. The van der Waals surface area contributed by atoms with E-state index in [4.69, 9.17) is 5.73 Å². The number of nitrogens with zero attached hydrogens (tertiary/aromatic N) is 3. The van der Waals surface area contributed by atoms with Gasteiger partial charge in [-0.15, -0.1) is 0 Å². The van der Waals surface area contributed by atoms with Crippen LogP contribution in [-0.2, 0) is 6.54 Å². The van der Waals surface area contributed by atoms with Crippen LogP contribution >= 0.6 is 0 Å². The number of aromatic nitrogens is 3. The summed E-state index contributed by atoms with van der Waals surface area (Å²) < 4.78 is 1.97. The summed E-state index contributed by atoms with van der Waals surface area (Å²) in [6, 6.07) is 1.69. The van der Waals surface area contributed by atoms with Crippen LogP contribution in [0.1, 0.15) is 22.5 Å². The largest absolute Gasteiger partial charge is 0.398 e. The van der Waals surface area contributed by atoms with Gasteiger partial charge < -0.3 is 15.6 Å². The molecule has 0 spiro atoms. The number of amides is 1. The quantitative estimate of drug-likeness (QED) is 0.784. The Balaban J connectivity index is 1.81. The number of nitrogens with one attached hydrogen (secondary N) is 1. The molecule has 0 aromatic carbocycles. The number of carbonyl (C=O) groups excluding carboxylic acids is 1. The lowest BCUT2D eigenvalue weighted by Crippen LogP contribution is -2.26. The van der Waals surface area contributed by atoms with E-state index in [1.54, 1.807) is 18.6 Å². The maximum atomic E-state index is 11.9. The van der Waals surface area contributed by atoms with Gasteiger partial charge in [-0.05, 0) is 19.4 Å². The molecule has 0 radical (unpaired) electrons. The van der Waals surface area contributed by atoms with Crippen molar-refractivity contribution in [3.63, 3.8) is 0 Å². The van der Waals surface area contributed by atoms with Gasteiger partial charge in [0.05, 0.1) is 11.9 Å². The molecule has 0 bridgehead atoms. The van der Waals surface area contributed by atoms with E-state index in [0.29, 0.717) is 17.8 Å². The molecule has 2 aromatic rings. The highest BCUT2D eigenvalue weighted by atomic mass is 16.1. The number of rotatable bonds is 5. The zero-order chi connectivity index (χ0) is 13.7. The molecule has 100 valence electrons. The zero-order valence-electron chi connectivity index (χ0n) is 10.8. The molecule has 0 unspecified atom stereocenters. The molecule has 19 heavy (non-hydrogen) atoms. The number of carbonyl (C=O) groups is 1. The summed E-state index contributed by atoms with van der Waals surface area (Å²) in [5.41, 5.74) is 7.47. The first kappa shape index (κ1) is 13.1. The summed E-state index contributed by atoms with van der Waals surface area (Å²) in [5, 5.41) is 2.83. The number of nitrogen functional groups attached to an aromatic ring is 1. The van der Waals surface area contributed by atoms with Gasteiger partial charge in [-0.25, -0.2) is 4.98 Å². The maximum absolute atomic E-state index is 11.9. The molecule has 2 rings (SSSR count). The second-order valence-corrected chi connectivity index (χ2v) is 4.32. The first-order valence-corrected chi connectivity index (χ1v) is 6.13. The predicted octanol–water partition coefficient (Wildman–Crippen LogP) is 0.989. The Morgan fingerprint density at radius 3 is 3.05 bits per heavy atom. The lowest BCUT2D eigenvalue weighted by molar-refractivity contribution is 0.0953. The molecule has 0 saturated heterocycles. The van der Waals surface area contributed by atoms with Crippen LogP contribution in [0.15, 0.2) is 31.0 Å². The smallest absolute Gasteiger partial charge is 0.254 e. The minimum Gasteiger partial charge on any atom is -0.398 e. The average molecular weight is 259 g/mol. The van der Waals surface area contributed by atoms with E-state index in [2.05, 4.69) is 15.3 Å². The Labute approximate surface area is 111 Å². The molecule has 0 aliphatic rings. The molecular weight excluding hydrogens is 242 g/mol. The number of anilines is 1. The molecule has 3 N–H and O–H groups in total. The Morgan fingerprint density at radius 1 is 1.53 bits per heavy atom. The average Bonchev–Trinajstić information content (AvgIpc) is 2.87. The molecule has 6 nitrogen and oxygen atoms in total. The fraction of sp³-hybridized carbons (Fsp3) is 0.308. The van der Waals surface area contributed by atoms with Crippen molar-refractivity contribution < 1.29 is 4.79 Å². The summed E-state index contributed by atoms with van der Waals surface area (Å²) in [5.74, 6) is -0.185. The summed E-state index contributed by atoms with van der Waals surface area (Å²) in [4.78, 5) is 19.9. The van der Waals surface area contributed by atoms with Gasteiger partial charge in [-0.2, -0.15) is 0 Å². The number of hydrogen-bond donors (Lipinski definition) is 2. The van der Waals surface area contributed by atoms with Crippen LogP contribution in [0, 0.1) is 6.92 Å². The van der Waals surface area contributed by atoms with Crippen molar-refractivity contribution in [1.82, 2.24) is 19.9 Å². The third-order valence-electron chi connectivity index (χ3n) is 2.76. The van der Waals surface area contributed by atoms with Crippen molar-refractivity contribution in [2.45, 2.75) is 19.9 Å². The Kier molecular flexibility index (Phi) is 4.12. The molecule has 2 heterocycles. The first-order valence-electron chi connectivity index (χ1n) is 6.13. The van der Waals surface area contributed by atoms with Crippen LogP contribution in [0.3, 0.4) is 0 Å². The third-order valence-corrected chi connectivity index (χ3v) is 2.76. The van der Waals surface area contributed by atoms with E-state index in [0.717, 1.165) is 18.7 Å². The topological polar surface area (TPSA) is 85.8 Å². The summed E-state index contributed by atoms with van der Waals surface area (Å²) >= 11 is 0. The highest BCUT2D eigenvalue weighted by Crippen LogP contribution is 2.10. The van der Waals surface area contributed by atoms with Gasteiger partial charge in [-0.3, -0.25) is 9.78 Å². The highest BCUT2D eigenvalue weighted by molar-refractivity contribution is 5.98. The standard InChI is InChI=1S/C13H17N5O/c1-10-7-12(14)11(8-17-10)13(19)16-3-2-5-18-6-4-15-9-18/h4,6-9H,2-3,5H2,1H3,(H2,14,17)(H,16,19). The van der Waals surface area contributed by atoms with Crippen molar-refractivity contribution in [2.75, 3.05) is 12.3 Å². The molecule has 2 aromatic heterocycles. The van der Waals surface area contributed by atoms with Gasteiger partial charge in [0.2, 0.25) is 0 Å². The molecule has 0 atom stereocenters.